The molecule has 1 saturated heterocycles. The Hall–Kier alpha value is -3.34. The first-order chi connectivity index (χ1) is 13.9. The van der Waals surface area contributed by atoms with Crippen molar-refractivity contribution in [2.75, 3.05) is 38.2 Å². The third-order valence-electron chi connectivity index (χ3n) is 4.66. The summed E-state index contributed by atoms with van der Waals surface area (Å²) in [5.41, 5.74) is 9.26. The van der Waals surface area contributed by atoms with Crippen molar-refractivity contribution in [3.63, 3.8) is 0 Å². The third-order valence-corrected chi connectivity index (χ3v) is 4.66. The molecule has 1 aliphatic heterocycles. The van der Waals surface area contributed by atoms with Gasteiger partial charge < -0.3 is 16.0 Å². The van der Waals surface area contributed by atoms with E-state index in [0.717, 1.165) is 22.4 Å². The molecule has 0 unspecified atom stereocenters. The van der Waals surface area contributed by atoms with Crippen molar-refractivity contribution in [3.05, 3.63) is 36.8 Å². The molecule has 11 heteroatoms. The van der Waals surface area contributed by atoms with Gasteiger partial charge in [0, 0.05) is 44.0 Å². The first-order valence-electron chi connectivity index (χ1n) is 9.06. The number of nitrogens with zero attached hydrogens (tertiary/aromatic N) is 7. The first-order valence-corrected chi connectivity index (χ1v) is 9.06. The molecule has 5 rings (SSSR count). The predicted octanol–water partition coefficient (Wildman–Crippen LogP) is 2.02. The van der Waals surface area contributed by atoms with E-state index in [1.54, 1.807) is 34.2 Å². The monoisotopic (exact) mass is 401 g/mol. The average Bonchev–Trinajstić information content (AvgIpc) is 3.39. The van der Waals surface area contributed by atoms with Gasteiger partial charge in [0.05, 0.1) is 18.4 Å². The fourth-order valence-electron chi connectivity index (χ4n) is 3.23. The van der Waals surface area contributed by atoms with Crippen LogP contribution < -0.4 is 11.1 Å². The molecule has 4 aromatic heterocycles. The van der Waals surface area contributed by atoms with E-state index in [2.05, 4.69) is 25.5 Å². The number of nitrogen functional groups attached to an aromatic ring is 1. The van der Waals surface area contributed by atoms with Crippen molar-refractivity contribution < 1.29 is 8.78 Å². The van der Waals surface area contributed by atoms with Crippen LogP contribution in [-0.4, -0.2) is 67.2 Å². The molecule has 0 radical (unpaired) electrons. The van der Waals surface area contributed by atoms with E-state index in [9.17, 15) is 8.78 Å². The summed E-state index contributed by atoms with van der Waals surface area (Å²) >= 11 is 0. The van der Waals surface area contributed by atoms with Crippen molar-refractivity contribution in [2.24, 2.45) is 0 Å². The molecule has 0 spiro atoms. The molecule has 0 saturated carbocycles. The number of fused-ring (bicyclic) bond motifs is 2. The Labute approximate surface area is 165 Å². The minimum atomic E-state index is -2.41. The van der Waals surface area contributed by atoms with Gasteiger partial charge in [-0.25, -0.2) is 22.8 Å². The Kier molecular flexibility index (Phi) is 4.74. The second-order valence-electron chi connectivity index (χ2n) is 6.88. The smallest absolute Gasteiger partial charge is 0.261 e. The van der Waals surface area contributed by atoms with E-state index < -0.39 is 5.92 Å². The van der Waals surface area contributed by atoms with Crippen molar-refractivity contribution in [2.45, 2.75) is 12.3 Å². The summed E-state index contributed by atoms with van der Waals surface area (Å²) in [7, 11) is 3.46. The topological polar surface area (TPSA) is 102 Å². The van der Waals surface area contributed by atoms with Gasteiger partial charge in [-0.15, -0.1) is 5.10 Å². The largest absolute Gasteiger partial charge is 0.382 e. The molecule has 0 amide bonds. The van der Waals surface area contributed by atoms with Gasteiger partial charge in [0.1, 0.15) is 5.52 Å². The van der Waals surface area contributed by atoms with Crippen molar-refractivity contribution in [3.8, 4) is 11.3 Å². The molecule has 1 aliphatic rings. The minimum Gasteiger partial charge on any atom is -0.382 e. The lowest BCUT2D eigenvalue weighted by atomic mass is 10.2. The molecule has 0 atom stereocenters. The summed E-state index contributed by atoms with van der Waals surface area (Å²) in [5.74, 6) is -1.53. The Balaban J connectivity index is 0.000000216. The van der Waals surface area contributed by atoms with Crippen molar-refractivity contribution >= 4 is 22.9 Å². The summed E-state index contributed by atoms with van der Waals surface area (Å²) in [6.07, 6.45) is 5.44. The number of nitrogens with one attached hydrogen (secondary N) is 1. The van der Waals surface area contributed by atoms with Crippen LogP contribution in [0.2, 0.25) is 0 Å². The SMILES string of the molecule is CN1CCC(F)(F)C1.CNc1nc(N)c2c(-c3ccn4nccc4n3)ccn2n1. The number of likely N-dealkylation sites (tertiary alicyclic amines) is 1. The fraction of sp³-hybridized carbons (Fsp3) is 0.333. The molecule has 5 heterocycles. The summed E-state index contributed by atoms with van der Waals surface area (Å²) < 4.78 is 27.7. The Morgan fingerprint density at radius 2 is 1.93 bits per heavy atom. The van der Waals surface area contributed by atoms with Crippen LogP contribution in [0.15, 0.2) is 36.8 Å². The summed E-state index contributed by atoms with van der Waals surface area (Å²) in [4.78, 5) is 10.4. The Morgan fingerprint density at radius 3 is 2.59 bits per heavy atom. The average molecular weight is 401 g/mol. The molecule has 9 nitrogen and oxygen atoms in total. The zero-order valence-electron chi connectivity index (χ0n) is 16.0. The Morgan fingerprint density at radius 1 is 1.14 bits per heavy atom. The van der Waals surface area contributed by atoms with Crippen LogP contribution in [0.4, 0.5) is 20.5 Å². The van der Waals surface area contributed by atoms with Gasteiger partial charge in [0.25, 0.3) is 5.92 Å². The molecule has 4 aromatic rings. The van der Waals surface area contributed by atoms with Crippen LogP contribution in [-0.2, 0) is 0 Å². The maximum absolute atomic E-state index is 12.2. The van der Waals surface area contributed by atoms with Crippen LogP contribution in [0.5, 0.6) is 0 Å². The van der Waals surface area contributed by atoms with Gasteiger partial charge in [-0.3, -0.25) is 0 Å². The number of hydrogen-bond donors (Lipinski definition) is 2. The zero-order chi connectivity index (χ0) is 20.6. The highest BCUT2D eigenvalue weighted by atomic mass is 19.3. The number of halogens is 2. The summed E-state index contributed by atoms with van der Waals surface area (Å²) in [6.45, 7) is 0.472. The van der Waals surface area contributed by atoms with Crippen molar-refractivity contribution in [1.29, 1.82) is 0 Å². The second kappa shape index (κ2) is 7.24. The number of alkyl halides is 2. The van der Waals surface area contributed by atoms with E-state index in [4.69, 9.17) is 5.73 Å². The Bertz CT molecular complexity index is 1150. The van der Waals surface area contributed by atoms with Gasteiger partial charge in [0.2, 0.25) is 5.95 Å². The predicted molar refractivity (Wildman–Crippen MR) is 106 cm³/mol. The first kappa shape index (κ1) is 19.0. The molecule has 0 bridgehead atoms. The molecular formula is C18H21F2N9. The highest BCUT2D eigenvalue weighted by Crippen LogP contribution is 2.27. The van der Waals surface area contributed by atoms with Crippen molar-refractivity contribution in [1.82, 2.24) is 34.1 Å². The highest BCUT2D eigenvalue weighted by Gasteiger charge is 2.36. The van der Waals surface area contributed by atoms with Gasteiger partial charge in [-0.2, -0.15) is 10.1 Å². The number of hydrogen-bond acceptors (Lipinski definition) is 7. The maximum atomic E-state index is 12.2. The van der Waals surface area contributed by atoms with Crippen LogP contribution in [0.1, 0.15) is 6.42 Å². The molecule has 3 N–H and O–H groups in total. The molecular weight excluding hydrogens is 380 g/mol. The number of anilines is 2. The standard InChI is InChI=1S/C13H12N8.C5H9F2N/c1-15-13-18-12(14)11-8(3-6-21(11)19-13)9-4-7-20-10(17-9)2-5-16-20;1-8-3-2-5(6,7)4-8/h2-7H,1H3,(H3,14,15,18,19);2-4H2,1H3. The molecule has 29 heavy (non-hydrogen) atoms. The van der Waals surface area contributed by atoms with Crippen LogP contribution in [0, 0.1) is 0 Å². The van der Waals surface area contributed by atoms with E-state index in [1.807, 2.05) is 30.6 Å². The van der Waals surface area contributed by atoms with E-state index in [-0.39, 0.29) is 13.0 Å². The van der Waals surface area contributed by atoms with E-state index in [0.29, 0.717) is 18.3 Å². The minimum absolute atomic E-state index is 0.0312. The van der Waals surface area contributed by atoms with Crippen LogP contribution >= 0.6 is 0 Å². The molecule has 1 fully saturated rings. The second-order valence-corrected chi connectivity index (χ2v) is 6.88. The number of rotatable bonds is 2. The van der Waals surface area contributed by atoms with E-state index in [1.165, 1.54) is 0 Å². The third kappa shape index (κ3) is 3.81. The molecule has 0 aliphatic carbocycles. The van der Waals surface area contributed by atoms with Crippen LogP contribution in [0.25, 0.3) is 22.4 Å². The van der Waals surface area contributed by atoms with Gasteiger partial charge in [-0.05, 0) is 19.2 Å². The van der Waals surface area contributed by atoms with E-state index >= 15 is 0 Å². The van der Waals surface area contributed by atoms with Gasteiger partial charge in [0.15, 0.2) is 11.5 Å². The lowest BCUT2D eigenvalue weighted by Crippen LogP contribution is -2.21. The van der Waals surface area contributed by atoms with Gasteiger partial charge in [-0.1, -0.05) is 0 Å². The summed E-state index contributed by atoms with van der Waals surface area (Å²) in [5, 5.41) is 11.3. The molecule has 152 valence electrons. The van der Waals surface area contributed by atoms with Crippen LogP contribution in [0.3, 0.4) is 0 Å². The quantitative estimate of drug-likeness (QED) is 0.530. The highest BCUT2D eigenvalue weighted by molar-refractivity contribution is 5.86. The summed E-state index contributed by atoms with van der Waals surface area (Å²) in [6, 6.07) is 5.66. The normalized spacial score (nSPS) is 16.1. The van der Waals surface area contributed by atoms with Gasteiger partial charge >= 0.3 is 0 Å². The maximum Gasteiger partial charge on any atom is 0.261 e. The lowest BCUT2D eigenvalue weighted by Gasteiger charge is -2.06. The number of aromatic nitrogens is 6. The molecule has 0 aromatic carbocycles. The fourth-order valence-corrected chi connectivity index (χ4v) is 3.23. The number of nitrogens with two attached hydrogens (primary N) is 1. The zero-order valence-corrected chi connectivity index (χ0v) is 16.0. The lowest BCUT2D eigenvalue weighted by molar-refractivity contribution is 0.0146.